The first-order valence-electron chi connectivity index (χ1n) is 9.67. The van der Waals surface area contributed by atoms with Gasteiger partial charge >= 0.3 is 0 Å². The van der Waals surface area contributed by atoms with Crippen molar-refractivity contribution in [2.24, 2.45) is 10.9 Å². The number of hydrogen-bond acceptors (Lipinski definition) is 4. The number of ether oxygens (including phenoxy) is 3. The molecule has 0 aliphatic carbocycles. The summed E-state index contributed by atoms with van der Waals surface area (Å²) in [6.45, 7) is 9.40. The van der Waals surface area contributed by atoms with E-state index in [0.717, 1.165) is 44.4 Å². The smallest absolute Gasteiger partial charge is 0.193 e. The fourth-order valence-electron chi connectivity index (χ4n) is 3.33. The van der Waals surface area contributed by atoms with Crippen molar-refractivity contribution in [3.63, 3.8) is 0 Å². The summed E-state index contributed by atoms with van der Waals surface area (Å²) in [4.78, 5) is 6.82. The third kappa shape index (κ3) is 6.40. The first kappa shape index (κ1) is 21.5. The number of rotatable bonds is 9. The highest BCUT2D eigenvalue weighted by Gasteiger charge is 2.27. The van der Waals surface area contributed by atoms with Gasteiger partial charge in [0.2, 0.25) is 0 Å². The number of guanidine groups is 1. The monoisotopic (exact) mass is 377 g/mol. The molecule has 0 aromatic heterocycles. The van der Waals surface area contributed by atoms with Crippen LogP contribution < -0.4 is 10.1 Å². The Hall–Kier alpha value is -1.79. The van der Waals surface area contributed by atoms with E-state index in [4.69, 9.17) is 14.2 Å². The van der Waals surface area contributed by atoms with Crippen molar-refractivity contribution in [1.29, 1.82) is 0 Å². The topological polar surface area (TPSA) is 55.3 Å². The Morgan fingerprint density at radius 3 is 2.59 bits per heavy atom. The molecule has 0 bridgehead atoms. The number of benzene rings is 1. The Labute approximate surface area is 163 Å². The van der Waals surface area contributed by atoms with Crippen LogP contribution in [-0.4, -0.2) is 71.6 Å². The quantitative estimate of drug-likeness (QED) is 0.407. The highest BCUT2D eigenvalue weighted by molar-refractivity contribution is 5.80. The standard InChI is InChI=1S/C21H35N3O3/c1-21(2,18-6-8-19(26-5)9-7-18)16-23-20(22-3)24-11-10-17(14-24)15-27-13-12-25-4/h6-9,17H,10-16H2,1-5H3,(H,22,23). The molecule has 1 aliphatic rings. The van der Waals surface area contributed by atoms with Crippen LogP contribution in [0.2, 0.25) is 0 Å². The minimum Gasteiger partial charge on any atom is -0.497 e. The van der Waals surface area contributed by atoms with E-state index in [1.165, 1.54) is 5.56 Å². The Morgan fingerprint density at radius 2 is 1.96 bits per heavy atom. The van der Waals surface area contributed by atoms with Gasteiger partial charge in [0, 0.05) is 45.1 Å². The van der Waals surface area contributed by atoms with Crippen molar-refractivity contribution in [3.8, 4) is 5.75 Å². The highest BCUT2D eigenvalue weighted by Crippen LogP contribution is 2.25. The van der Waals surface area contributed by atoms with Crippen LogP contribution in [0.1, 0.15) is 25.8 Å². The Bertz CT molecular complexity index is 587. The lowest BCUT2D eigenvalue weighted by molar-refractivity contribution is 0.0536. The molecule has 27 heavy (non-hydrogen) atoms. The van der Waals surface area contributed by atoms with Gasteiger partial charge in [0.1, 0.15) is 5.75 Å². The zero-order chi connectivity index (χ0) is 19.7. The zero-order valence-corrected chi connectivity index (χ0v) is 17.5. The maximum absolute atomic E-state index is 5.69. The third-order valence-corrected chi connectivity index (χ3v) is 5.14. The van der Waals surface area contributed by atoms with E-state index in [1.807, 2.05) is 19.2 Å². The Morgan fingerprint density at radius 1 is 1.22 bits per heavy atom. The van der Waals surface area contributed by atoms with E-state index < -0.39 is 0 Å². The van der Waals surface area contributed by atoms with Crippen molar-refractivity contribution in [2.45, 2.75) is 25.7 Å². The van der Waals surface area contributed by atoms with E-state index in [2.05, 4.69) is 41.2 Å². The number of aliphatic imine (C=N–C) groups is 1. The van der Waals surface area contributed by atoms with Crippen LogP contribution in [0.25, 0.3) is 0 Å². The normalized spacial score (nSPS) is 18.0. The van der Waals surface area contributed by atoms with Gasteiger partial charge in [-0.1, -0.05) is 26.0 Å². The van der Waals surface area contributed by atoms with Crippen molar-refractivity contribution in [1.82, 2.24) is 10.2 Å². The van der Waals surface area contributed by atoms with Crippen molar-refractivity contribution < 1.29 is 14.2 Å². The summed E-state index contributed by atoms with van der Waals surface area (Å²) in [6, 6.07) is 8.29. The number of nitrogens with one attached hydrogen (secondary N) is 1. The molecule has 6 heteroatoms. The molecule has 1 aliphatic heterocycles. The number of nitrogens with zero attached hydrogens (tertiary/aromatic N) is 2. The lowest BCUT2D eigenvalue weighted by Gasteiger charge is -2.29. The van der Waals surface area contributed by atoms with Gasteiger partial charge < -0.3 is 24.4 Å². The molecular formula is C21H35N3O3. The summed E-state index contributed by atoms with van der Waals surface area (Å²) in [5.41, 5.74) is 1.27. The summed E-state index contributed by atoms with van der Waals surface area (Å²) >= 11 is 0. The van der Waals surface area contributed by atoms with Crippen molar-refractivity contribution in [3.05, 3.63) is 29.8 Å². The molecule has 1 aromatic rings. The molecule has 0 radical (unpaired) electrons. The summed E-state index contributed by atoms with van der Waals surface area (Å²) in [6.07, 6.45) is 1.13. The van der Waals surface area contributed by atoms with Gasteiger partial charge in [-0.2, -0.15) is 0 Å². The van der Waals surface area contributed by atoms with E-state index in [0.29, 0.717) is 19.1 Å². The largest absolute Gasteiger partial charge is 0.497 e. The van der Waals surface area contributed by atoms with Gasteiger partial charge in [-0.05, 0) is 24.1 Å². The fraction of sp³-hybridized carbons (Fsp3) is 0.667. The molecule has 2 rings (SSSR count). The van der Waals surface area contributed by atoms with E-state index in [-0.39, 0.29) is 5.41 Å². The molecule has 1 atom stereocenters. The maximum Gasteiger partial charge on any atom is 0.193 e. The number of methoxy groups -OCH3 is 2. The van der Waals surface area contributed by atoms with Crippen LogP contribution in [0.15, 0.2) is 29.3 Å². The molecule has 1 heterocycles. The second-order valence-corrected chi connectivity index (χ2v) is 7.68. The highest BCUT2D eigenvalue weighted by atomic mass is 16.5. The first-order valence-corrected chi connectivity index (χ1v) is 9.67. The predicted octanol–water partition coefficient (Wildman–Crippen LogP) is 2.53. The molecular weight excluding hydrogens is 342 g/mol. The third-order valence-electron chi connectivity index (χ3n) is 5.14. The molecule has 0 spiro atoms. The fourth-order valence-corrected chi connectivity index (χ4v) is 3.33. The molecule has 1 saturated heterocycles. The molecule has 152 valence electrons. The predicted molar refractivity (Wildman–Crippen MR) is 110 cm³/mol. The lowest BCUT2D eigenvalue weighted by Crippen LogP contribution is -2.45. The van der Waals surface area contributed by atoms with Crippen LogP contribution in [0.4, 0.5) is 0 Å². The number of likely N-dealkylation sites (tertiary alicyclic amines) is 1. The van der Waals surface area contributed by atoms with Gasteiger partial charge in [-0.15, -0.1) is 0 Å². The minimum absolute atomic E-state index is 0.00932. The second kappa shape index (κ2) is 10.5. The van der Waals surface area contributed by atoms with Crippen LogP contribution >= 0.6 is 0 Å². The molecule has 1 N–H and O–H groups in total. The second-order valence-electron chi connectivity index (χ2n) is 7.68. The van der Waals surface area contributed by atoms with Gasteiger partial charge in [0.15, 0.2) is 5.96 Å². The molecule has 0 amide bonds. The summed E-state index contributed by atoms with van der Waals surface area (Å²) in [5.74, 6) is 2.40. The molecule has 1 unspecified atom stereocenters. The van der Waals surface area contributed by atoms with Gasteiger partial charge in [0.05, 0.1) is 26.9 Å². The number of hydrogen-bond donors (Lipinski definition) is 1. The van der Waals surface area contributed by atoms with Crippen molar-refractivity contribution >= 4 is 5.96 Å². The SMILES string of the molecule is CN=C(NCC(C)(C)c1ccc(OC)cc1)N1CCC(COCCOC)C1. The van der Waals surface area contributed by atoms with Gasteiger partial charge in [-0.25, -0.2) is 0 Å². The zero-order valence-electron chi connectivity index (χ0n) is 17.5. The summed E-state index contributed by atoms with van der Waals surface area (Å²) in [7, 11) is 5.24. The average molecular weight is 378 g/mol. The van der Waals surface area contributed by atoms with E-state index in [1.54, 1.807) is 14.2 Å². The van der Waals surface area contributed by atoms with E-state index in [9.17, 15) is 0 Å². The molecule has 0 saturated carbocycles. The first-order chi connectivity index (χ1) is 13.0. The van der Waals surface area contributed by atoms with Crippen molar-refractivity contribution in [2.75, 3.05) is 60.7 Å². The average Bonchev–Trinajstić information content (AvgIpc) is 3.14. The maximum atomic E-state index is 5.69. The lowest BCUT2D eigenvalue weighted by atomic mass is 9.84. The van der Waals surface area contributed by atoms with Crippen LogP contribution in [-0.2, 0) is 14.9 Å². The van der Waals surface area contributed by atoms with Gasteiger partial charge in [-0.3, -0.25) is 4.99 Å². The Balaban J connectivity index is 1.84. The molecule has 1 fully saturated rings. The molecule has 1 aromatic carbocycles. The van der Waals surface area contributed by atoms with Crippen LogP contribution in [0.3, 0.4) is 0 Å². The minimum atomic E-state index is -0.00932. The van der Waals surface area contributed by atoms with Gasteiger partial charge in [0.25, 0.3) is 0 Å². The summed E-state index contributed by atoms with van der Waals surface area (Å²) in [5, 5.41) is 3.56. The Kier molecular flexibility index (Phi) is 8.38. The summed E-state index contributed by atoms with van der Waals surface area (Å²) < 4.78 is 16.0. The molecule has 6 nitrogen and oxygen atoms in total. The van der Waals surface area contributed by atoms with E-state index >= 15 is 0 Å². The van der Waals surface area contributed by atoms with Crippen LogP contribution in [0.5, 0.6) is 5.75 Å². The van der Waals surface area contributed by atoms with Crippen LogP contribution in [0, 0.1) is 5.92 Å².